The first-order valence-corrected chi connectivity index (χ1v) is 8.80. The Hall–Kier alpha value is -1.81. The van der Waals surface area contributed by atoms with Gasteiger partial charge in [0.05, 0.1) is 17.3 Å². The fourth-order valence-corrected chi connectivity index (χ4v) is 4.43. The van der Waals surface area contributed by atoms with Crippen LogP contribution in [0.25, 0.3) is 0 Å². The molecule has 0 saturated carbocycles. The zero-order valence-corrected chi connectivity index (χ0v) is 13.2. The molecule has 0 radical (unpaired) electrons. The number of pyridine rings is 1. The van der Waals surface area contributed by atoms with Crippen LogP contribution in [0.3, 0.4) is 0 Å². The molecule has 112 valence electrons. The number of amides is 1. The zero-order valence-electron chi connectivity index (χ0n) is 12.4. The Kier molecular flexibility index (Phi) is 3.62. The quantitative estimate of drug-likeness (QED) is 0.806. The van der Waals surface area contributed by atoms with Crippen molar-refractivity contribution in [1.29, 1.82) is 0 Å². The maximum absolute atomic E-state index is 13.2. The maximum atomic E-state index is 13.2. The number of hydrogen-bond donors (Lipinski definition) is 0. The van der Waals surface area contributed by atoms with Crippen LogP contribution < -0.4 is 4.90 Å². The first kappa shape index (κ1) is 13.8. The predicted octanol–water partition coefficient (Wildman–Crippen LogP) is 3.64. The Bertz CT molecular complexity index is 656. The summed E-state index contributed by atoms with van der Waals surface area (Å²) >= 11 is 1.83. The standard InChI is InChI=1S/C18H18N2OS/c21-18(14-7-3-5-13-6-4-10-19-17(13)14)20-11-12-22-16-9-2-1-8-15(16)20/h1-2,4,6,8-10,14H,3,5,7,11-12H2/t14-/m0/s1. The van der Waals surface area contributed by atoms with Crippen molar-refractivity contribution in [2.75, 3.05) is 17.2 Å². The van der Waals surface area contributed by atoms with Crippen LogP contribution in [-0.4, -0.2) is 23.2 Å². The van der Waals surface area contributed by atoms with E-state index in [9.17, 15) is 4.79 Å². The number of anilines is 1. The van der Waals surface area contributed by atoms with Crippen molar-refractivity contribution in [2.45, 2.75) is 30.1 Å². The highest BCUT2D eigenvalue weighted by Crippen LogP contribution is 2.38. The minimum atomic E-state index is -0.0823. The number of aryl methyl sites for hydroxylation is 1. The molecule has 1 aromatic carbocycles. The van der Waals surface area contributed by atoms with Crippen LogP contribution >= 0.6 is 11.8 Å². The smallest absolute Gasteiger partial charge is 0.236 e. The fraction of sp³-hybridized carbons (Fsp3) is 0.333. The number of carbonyl (C=O) groups excluding carboxylic acids is 1. The third-order valence-corrected chi connectivity index (χ3v) is 5.53. The molecule has 1 amide bonds. The van der Waals surface area contributed by atoms with Crippen LogP contribution in [0.4, 0.5) is 5.69 Å². The molecule has 0 fully saturated rings. The molecule has 2 aromatic rings. The lowest BCUT2D eigenvalue weighted by molar-refractivity contribution is -0.120. The van der Waals surface area contributed by atoms with Crippen LogP contribution in [0.2, 0.25) is 0 Å². The van der Waals surface area contributed by atoms with E-state index in [1.54, 1.807) is 0 Å². The second kappa shape index (κ2) is 5.76. The Morgan fingerprint density at radius 3 is 3.09 bits per heavy atom. The molecule has 1 atom stereocenters. The van der Waals surface area contributed by atoms with Crippen LogP contribution in [0.1, 0.15) is 30.0 Å². The summed E-state index contributed by atoms with van der Waals surface area (Å²) in [5, 5.41) is 0. The second-order valence-corrected chi connectivity index (χ2v) is 6.94. The molecule has 0 saturated heterocycles. The van der Waals surface area contributed by atoms with E-state index in [4.69, 9.17) is 0 Å². The summed E-state index contributed by atoms with van der Waals surface area (Å²) in [6, 6.07) is 12.3. The van der Waals surface area contributed by atoms with E-state index in [-0.39, 0.29) is 11.8 Å². The number of nitrogens with zero attached hydrogens (tertiary/aromatic N) is 2. The van der Waals surface area contributed by atoms with E-state index in [0.717, 1.165) is 42.9 Å². The minimum absolute atomic E-state index is 0.0823. The van der Waals surface area contributed by atoms with Crippen LogP contribution in [0.5, 0.6) is 0 Å². The van der Waals surface area contributed by atoms with Crippen molar-refractivity contribution in [1.82, 2.24) is 4.98 Å². The molecule has 0 unspecified atom stereocenters. The molecule has 2 aliphatic rings. The number of para-hydroxylation sites is 1. The molecule has 3 nitrogen and oxygen atoms in total. The number of aromatic nitrogens is 1. The van der Waals surface area contributed by atoms with Gasteiger partial charge >= 0.3 is 0 Å². The van der Waals surface area contributed by atoms with Gasteiger partial charge in [-0.25, -0.2) is 0 Å². The lowest BCUT2D eigenvalue weighted by Crippen LogP contribution is -2.40. The van der Waals surface area contributed by atoms with E-state index in [0.29, 0.717) is 0 Å². The second-order valence-electron chi connectivity index (χ2n) is 5.80. The Labute approximate surface area is 134 Å². The Morgan fingerprint density at radius 2 is 2.14 bits per heavy atom. The number of thioether (sulfide) groups is 1. The monoisotopic (exact) mass is 310 g/mol. The summed E-state index contributed by atoms with van der Waals surface area (Å²) < 4.78 is 0. The molecule has 1 aliphatic heterocycles. The summed E-state index contributed by atoms with van der Waals surface area (Å²) in [6.45, 7) is 0.791. The maximum Gasteiger partial charge on any atom is 0.236 e. The number of carbonyl (C=O) groups is 1. The zero-order chi connectivity index (χ0) is 14.9. The fourth-order valence-electron chi connectivity index (χ4n) is 3.44. The third-order valence-electron chi connectivity index (χ3n) is 4.49. The van der Waals surface area contributed by atoms with Crippen molar-refractivity contribution in [2.24, 2.45) is 0 Å². The molecule has 0 N–H and O–H groups in total. The van der Waals surface area contributed by atoms with Crippen molar-refractivity contribution in [3.05, 3.63) is 53.9 Å². The highest BCUT2D eigenvalue weighted by Gasteiger charge is 2.33. The molecule has 4 heteroatoms. The Morgan fingerprint density at radius 1 is 1.23 bits per heavy atom. The molecule has 22 heavy (non-hydrogen) atoms. The van der Waals surface area contributed by atoms with Gasteiger partial charge in [0.15, 0.2) is 0 Å². The topological polar surface area (TPSA) is 33.2 Å². The average molecular weight is 310 g/mol. The summed E-state index contributed by atoms with van der Waals surface area (Å²) in [6.07, 6.45) is 4.83. The largest absolute Gasteiger partial charge is 0.310 e. The summed E-state index contributed by atoms with van der Waals surface area (Å²) in [4.78, 5) is 20.9. The van der Waals surface area contributed by atoms with Gasteiger partial charge in [0.1, 0.15) is 0 Å². The molecule has 1 aromatic heterocycles. The van der Waals surface area contributed by atoms with E-state index in [2.05, 4.69) is 23.2 Å². The number of fused-ring (bicyclic) bond motifs is 2. The lowest BCUT2D eigenvalue weighted by atomic mass is 9.85. The summed E-state index contributed by atoms with van der Waals surface area (Å²) in [7, 11) is 0. The van der Waals surface area contributed by atoms with E-state index < -0.39 is 0 Å². The van der Waals surface area contributed by atoms with E-state index in [1.165, 1.54) is 10.5 Å². The van der Waals surface area contributed by atoms with Crippen molar-refractivity contribution < 1.29 is 4.79 Å². The van der Waals surface area contributed by atoms with Crippen molar-refractivity contribution in [3.8, 4) is 0 Å². The van der Waals surface area contributed by atoms with Gasteiger partial charge in [0.2, 0.25) is 5.91 Å². The van der Waals surface area contributed by atoms with Gasteiger partial charge in [-0.05, 0) is 43.0 Å². The third kappa shape index (κ3) is 2.31. The van der Waals surface area contributed by atoms with Gasteiger partial charge in [0, 0.05) is 23.4 Å². The van der Waals surface area contributed by atoms with E-state index >= 15 is 0 Å². The molecule has 4 rings (SSSR count). The summed E-state index contributed by atoms with van der Waals surface area (Å²) in [5.41, 5.74) is 3.30. The number of hydrogen-bond acceptors (Lipinski definition) is 3. The average Bonchev–Trinajstić information content (AvgIpc) is 2.60. The molecule has 0 spiro atoms. The first-order valence-electron chi connectivity index (χ1n) is 7.81. The highest BCUT2D eigenvalue weighted by molar-refractivity contribution is 7.99. The lowest BCUT2D eigenvalue weighted by Gasteiger charge is -2.33. The number of rotatable bonds is 1. The van der Waals surface area contributed by atoms with Crippen LogP contribution in [0.15, 0.2) is 47.5 Å². The van der Waals surface area contributed by atoms with Crippen LogP contribution in [0, 0.1) is 0 Å². The molecular formula is C18H18N2OS. The highest BCUT2D eigenvalue weighted by atomic mass is 32.2. The first-order chi connectivity index (χ1) is 10.8. The SMILES string of the molecule is O=C([C@H]1CCCc2cccnc21)N1CCSc2ccccc21. The normalized spacial score (nSPS) is 20.2. The molecule has 2 heterocycles. The van der Waals surface area contributed by atoms with Crippen molar-refractivity contribution >= 4 is 23.4 Å². The molecule has 1 aliphatic carbocycles. The van der Waals surface area contributed by atoms with Gasteiger partial charge < -0.3 is 4.90 Å². The predicted molar refractivity (Wildman–Crippen MR) is 89.4 cm³/mol. The Balaban J connectivity index is 1.69. The van der Waals surface area contributed by atoms with Gasteiger partial charge in [-0.3, -0.25) is 9.78 Å². The minimum Gasteiger partial charge on any atom is -0.310 e. The van der Waals surface area contributed by atoms with Gasteiger partial charge in [-0.15, -0.1) is 11.8 Å². The number of benzene rings is 1. The molecular weight excluding hydrogens is 292 g/mol. The van der Waals surface area contributed by atoms with Gasteiger partial charge in [-0.2, -0.15) is 0 Å². The summed E-state index contributed by atoms with van der Waals surface area (Å²) in [5.74, 6) is 1.10. The van der Waals surface area contributed by atoms with E-state index in [1.807, 2.05) is 41.1 Å². The van der Waals surface area contributed by atoms with Gasteiger partial charge in [-0.1, -0.05) is 18.2 Å². The molecule has 0 bridgehead atoms. The van der Waals surface area contributed by atoms with Gasteiger partial charge in [0.25, 0.3) is 0 Å². The van der Waals surface area contributed by atoms with Crippen LogP contribution in [-0.2, 0) is 11.2 Å². The van der Waals surface area contributed by atoms with Crippen molar-refractivity contribution in [3.63, 3.8) is 0 Å².